The Morgan fingerprint density at radius 2 is 2.08 bits per heavy atom. The zero-order valence-corrected chi connectivity index (χ0v) is 9.23. The van der Waals surface area contributed by atoms with Gasteiger partial charge in [-0.15, -0.1) is 0 Å². The van der Waals surface area contributed by atoms with Gasteiger partial charge in [0.25, 0.3) is 0 Å². The van der Waals surface area contributed by atoms with Crippen LogP contribution in [-0.4, -0.2) is 32.5 Å². The fourth-order valence-corrected chi connectivity index (χ4v) is 3.18. The number of hydrogen-bond donors (Lipinski definition) is 1. The van der Waals surface area contributed by atoms with Gasteiger partial charge in [0.2, 0.25) is 0 Å². The smallest absolute Gasteiger partial charge is 0.150 e. The molecule has 0 heterocycles. The van der Waals surface area contributed by atoms with E-state index in [2.05, 4.69) is 12.2 Å². The van der Waals surface area contributed by atoms with Gasteiger partial charge in [0, 0.05) is 12.3 Å². The number of rotatable bonds is 3. The van der Waals surface area contributed by atoms with Crippen molar-refractivity contribution >= 4 is 9.84 Å². The summed E-state index contributed by atoms with van der Waals surface area (Å²) in [4.78, 5) is 0. The summed E-state index contributed by atoms with van der Waals surface area (Å²) in [6, 6.07) is 0.415. The molecule has 0 spiro atoms. The van der Waals surface area contributed by atoms with Crippen molar-refractivity contribution in [2.45, 2.75) is 43.9 Å². The summed E-state index contributed by atoms with van der Waals surface area (Å²) >= 11 is 0. The third kappa shape index (κ3) is 3.27. The Hall–Kier alpha value is -0.0900. The maximum absolute atomic E-state index is 11.3. The average molecular weight is 205 g/mol. The molecule has 0 radical (unpaired) electrons. The van der Waals surface area contributed by atoms with Gasteiger partial charge in [-0.25, -0.2) is 8.42 Å². The summed E-state index contributed by atoms with van der Waals surface area (Å²) in [7, 11) is -2.82. The zero-order chi connectivity index (χ0) is 9.90. The summed E-state index contributed by atoms with van der Waals surface area (Å²) in [5, 5.41) is 3.22. The second-order valence-corrected chi connectivity index (χ2v) is 6.20. The van der Waals surface area contributed by atoms with Crippen LogP contribution < -0.4 is 5.32 Å². The van der Waals surface area contributed by atoms with Crippen molar-refractivity contribution in [3.8, 4) is 0 Å². The van der Waals surface area contributed by atoms with Crippen molar-refractivity contribution in [3.63, 3.8) is 0 Å². The maximum atomic E-state index is 11.3. The first-order valence-corrected chi connectivity index (χ1v) is 6.91. The van der Waals surface area contributed by atoms with Gasteiger partial charge in [-0.1, -0.05) is 13.3 Å². The van der Waals surface area contributed by atoms with Crippen LogP contribution in [0.3, 0.4) is 0 Å². The molecule has 13 heavy (non-hydrogen) atoms. The van der Waals surface area contributed by atoms with E-state index >= 15 is 0 Å². The van der Waals surface area contributed by atoms with E-state index in [4.69, 9.17) is 0 Å². The van der Waals surface area contributed by atoms with Crippen molar-refractivity contribution in [1.82, 2.24) is 5.32 Å². The van der Waals surface area contributed by atoms with Gasteiger partial charge in [-0.2, -0.15) is 0 Å². The molecule has 1 saturated carbocycles. The van der Waals surface area contributed by atoms with Crippen LogP contribution in [0.25, 0.3) is 0 Å². The molecule has 0 aromatic rings. The molecule has 1 aliphatic rings. The molecule has 4 heteroatoms. The molecule has 1 aliphatic carbocycles. The van der Waals surface area contributed by atoms with E-state index in [1.807, 2.05) is 0 Å². The number of sulfone groups is 1. The van der Waals surface area contributed by atoms with Gasteiger partial charge in [0.15, 0.2) is 0 Å². The molecular weight excluding hydrogens is 186 g/mol. The third-order valence-corrected chi connectivity index (χ3v) is 4.36. The normalized spacial score (nSPS) is 30.3. The number of hydrogen-bond acceptors (Lipinski definition) is 3. The highest BCUT2D eigenvalue weighted by atomic mass is 32.2. The Morgan fingerprint density at radius 3 is 2.62 bits per heavy atom. The molecule has 0 aromatic carbocycles. The highest BCUT2D eigenvalue weighted by Crippen LogP contribution is 2.23. The number of nitrogens with one attached hydrogen (secondary N) is 1. The Bertz CT molecular complexity index is 246. The summed E-state index contributed by atoms with van der Waals surface area (Å²) < 4.78 is 22.6. The molecule has 0 amide bonds. The first-order valence-electron chi connectivity index (χ1n) is 4.96. The Kier molecular flexibility index (Phi) is 3.74. The molecule has 2 atom stereocenters. The Labute approximate surface area is 80.8 Å². The molecule has 1 rings (SSSR count). The summed E-state index contributed by atoms with van der Waals surface area (Å²) in [5.74, 6) is 0. The van der Waals surface area contributed by atoms with Crippen molar-refractivity contribution in [1.29, 1.82) is 0 Å². The van der Waals surface area contributed by atoms with Crippen molar-refractivity contribution in [3.05, 3.63) is 0 Å². The summed E-state index contributed by atoms with van der Waals surface area (Å²) in [6.45, 7) is 2.99. The molecular formula is C9H19NO2S. The quantitative estimate of drug-likeness (QED) is 0.746. The molecule has 1 N–H and O–H groups in total. The third-order valence-electron chi connectivity index (χ3n) is 2.72. The minimum atomic E-state index is -2.82. The van der Waals surface area contributed by atoms with Gasteiger partial charge in [-0.3, -0.25) is 0 Å². The minimum Gasteiger partial charge on any atom is -0.314 e. The van der Waals surface area contributed by atoms with Gasteiger partial charge in [0.1, 0.15) is 9.84 Å². The second kappa shape index (κ2) is 4.42. The molecule has 1 fully saturated rings. The fourth-order valence-electron chi connectivity index (χ4n) is 2.01. The monoisotopic (exact) mass is 205 g/mol. The van der Waals surface area contributed by atoms with E-state index in [0.29, 0.717) is 6.04 Å². The first kappa shape index (κ1) is 11.0. The predicted octanol–water partition coefficient (Wildman–Crippen LogP) is 0.952. The van der Waals surface area contributed by atoms with E-state index in [-0.39, 0.29) is 5.25 Å². The topological polar surface area (TPSA) is 46.2 Å². The molecule has 0 bridgehead atoms. The van der Waals surface area contributed by atoms with Crippen molar-refractivity contribution in [2.75, 3.05) is 12.8 Å². The van der Waals surface area contributed by atoms with Crippen LogP contribution in [0.4, 0.5) is 0 Å². The van der Waals surface area contributed by atoms with E-state index in [9.17, 15) is 8.42 Å². The summed E-state index contributed by atoms with van der Waals surface area (Å²) in [5.41, 5.74) is 0. The lowest BCUT2D eigenvalue weighted by atomic mass is 9.95. The second-order valence-electron chi connectivity index (χ2n) is 3.87. The van der Waals surface area contributed by atoms with E-state index in [1.165, 1.54) is 6.26 Å². The van der Waals surface area contributed by atoms with Crippen LogP contribution in [0.15, 0.2) is 0 Å². The predicted molar refractivity (Wildman–Crippen MR) is 54.6 cm³/mol. The molecule has 0 saturated heterocycles. The highest BCUT2D eigenvalue weighted by Gasteiger charge is 2.27. The van der Waals surface area contributed by atoms with E-state index in [0.717, 1.165) is 32.2 Å². The van der Waals surface area contributed by atoms with Gasteiger partial charge < -0.3 is 5.32 Å². The molecule has 2 unspecified atom stereocenters. The van der Waals surface area contributed by atoms with Gasteiger partial charge in [0.05, 0.1) is 5.25 Å². The van der Waals surface area contributed by atoms with Crippen LogP contribution in [0.5, 0.6) is 0 Å². The van der Waals surface area contributed by atoms with Gasteiger partial charge >= 0.3 is 0 Å². The fraction of sp³-hybridized carbons (Fsp3) is 1.00. The molecule has 0 aliphatic heterocycles. The minimum absolute atomic E-state index is 0.106. The van der Waals surface area contributed by atoms with Crippen LogP contribution >= 0.6 is 0 Å². The highest BCUT2D eigenvalue weighted by molar-refractivity contribution is 7.91. The van der Waals surface area contributed by atoms with Crippen LogP contribution in [0.2, 0.25) is 0 Å². The zero-order valence-electron chi connectivity index (χ0n) is 8.41. The van der Waals surface area contributed by atoms with Crippen molar-refractivity contribution in [2.24, 2.45) is 0 Å². The van der Waals surface area contributed by atoms with E-state index in [1.54, 1.807) is 0 Å². The summed E-state index contributed by atoms with van der Waals surface area (Å²) in [6.07, 6.45) is 5.16. The first-order chi connectivity index (χ1) is 6.04. The van der Waals surface area contributed by atoms with Crippen LogP contribution in [0.1, 0.15) is 32.6 Å². The lowest BCUT2D eigenvalue weighted by molar-refractivity contribution is 0.378. The molecule has 78 valence electrons. The van der Waals surface area contributed by atoms with Crippen LogP contribution in [0, 0.1) is 0 Å². The Balaban J connectivity index is 2.52. The average Bonchev–Trinajstić information content (AvgIpc) is 2.04. The standard InChI is InChI=1S/C9H19NO2S/c1-3-10-8-5-4-6-9(7-8)13(2,11)12/h8-10H,3-7H2,1-2H3. The van der Waals surface area contributed by atoms with Crippen molar-refractivity contribution < 1.29 is 8.42 Å². The lowest BCUT2D eigenvalue weighted by Crippen LogP contribution is -2.38. The molecule has 3 nitrogen and oxygen atoms in total. The Morgan fingerprint density at radius 1 is 1.38 bits per heavy atom. The van der Waals surface area contributed by atoms with Crippen LogP contribution in [-0.2, 0) is 9.84 Å². The molecule has 0 aromatic heterocycles. The lowest BCUT2D eigenvalue weighted by Gasteiger charge is -2.28. The van der Waals surface area contributed by atoms with Gasteiger partial charge in [-0.05, 0) is 25.8 Å². The van der Waals surface area contributed by atoms with E-state index < -0.39 is 9.84 Å². The maximum Gasteiger partial charge on any atom is 0.150 e. The SMILES string of the molecule is CCNC1CCCC(S(C)(=O)=O)C1. The largest absolute Gasteiger partial charge is 0.314 e.